The van der Waals surface area contributed by atoms with Crippen LogP contribution in [-0.4, -0.2) is 29.6 Å². The van der Waals surface area contributed by atoms with Gasteiger partial charge in [-0.05, 0) is 39.0 Å². The summed E-state index contributed by atoms with van der Waals surface area (Å²) < 4.78 is 10.5. The Hall–Kier alpha value is -2.12. The standard InChI is InChI=1S/C16H17ClN2O4S/c1-4-22-15(21)13-9(2)18-16(24-13)19-14(20)10(3)23-12-7-5-6-11(17)8-12/h5-8,10H,4H2,1-3H3,(H,18,19,20). The normalized spacial score (nSPS) is 11.7. The van der Waals surface area contributed by atoms with Gasteiger partial charge in [0.25, 0.3) is 5.91 Å². The lowest BCUT2D eigenvalue weighted by Gasteiger charge is -2.13. The predicted molar refractivity (Wildman–Crippen MR) is 93.0 cm³/mol. The van der Waals surface area contributed by atoms with Gasteiger partial charge in [-0.2, -0.15) is 0 Å². The Kier molecular flexibility index (Phi) is 6.16. The summed E-state index contributed by atoms with van der Waals surface area (Å²) in [5.74, 6) is -0.331. The van der Waals surface area contributed by atoms with Crippen LogP contribution in [0.5, 0.6) is 5.75 Å². The van der Waals surface area contributed by atoms with Gasteiger partial charge in [-0.15, -0.1) is 0 Å². The number of hydrogen-bond acceptors (Lipinski definition) is 6. The molecule has 0 bridgehead atoms. The number of aromatic nitrogens is 1. The molecule has 1 aromatic carbocycles. The number of anilines is 1. The van der Waals surface area contributed by atoms with Crippen LogP contribution in [-0.2, 0) is 9.53 Å². The molecular weight excluding hydrogens is 352 g/mol. The van der Waals surface area contributed by atoms with Crippen molar-refractivity contribution in [3.05, 3.63) is 39.9 Å². The van der Waals surface area contributed by atoms with E-state index in [0.717, 1.165) is 11.3 Å². The zero-order valence-electron chi connectivity index (χ0n) is 13.5. The number of thiazole rings is 1. The average molecular weight is 369 g/mol. The van der Waals surface area contributed by atoms with Gasteiger partial charge in [0, 0.05) is 5.02 Å². The maximum absolute atomic E-state index is 12.2. The van der Waals surface area contributed by atoms with Gasteiger partial charge < -0.3 is 9.47 Å². The molecule has 1 aromatic heterocycles. The SMILES string of the molecule is CCOC(=O)c1sc(NC(=O)C(C)Oc2cccc(Cl)c2)nc1C. The molecule has 0 aliphatic heterocycles. The number of rotatable bonds is 6. The lowest BCUT2D eigenvalue weighted by Crippen LogP contribution is -2.30. The van der Waals surface area contributed by atoms with Crippen molar-refractivity contribution in [2.75, 3.05) is 11.9 Å². The van der Waals surface area contributed by atoms with Gasteiger partial charge in [-0.25, -0.2) is 9.78 Å². The number of ether oxygens (including phenoxy) is 2. The second kappa shape index (κ2) is 8.12. The smallest absolute Gasteiger partial charge is 0.350 e. The third-order valence-electron chi connectivity index (χ3n) is 2.97. The fourth-order valence-corrected chi connectivity index (χ4v) is 2.88. The Morgan fingerprint density at radius 3 is 2.83 bits per heavy atom. The van der Waals surface area contributed by atoms with E-state index in [1.54, 1.807) is 45.0 Å². The number of carbonyl (C=O) groups is 2. The minimum atomic E-state index is -0.751. The van der Waals surface area contributed by atoms with Crippen LogP contribution in [0, 0.1) is 6.92 Å². The molecule has 0 aliphatic carbocycles. The molecule has 1 N–H and O–H groups in total. The largest absolute Gasteiger partial charge is 0.481 e. The van der Waals surface area contributed by atoms with Gasteiger partial charge in [0.05, 0.1) is 12.3 Å². The van der Waals surface area contributed by atoms with E-state index in [0.29, 0.717) is 26.5 Å². The topological polar surface area (TPSA) is 77.5 Å². The number of esters is 1. The highest BCUT2D eigenvalue weighted by molar-refractivity contribution is 7.17. The lowest BCUT2D eigenvalue weighted by molar-refractivity contribution is -0.122. The van der Waals surface area contributed by atoms with Crippen molar-refractivity contribution in [2.24, 2.45) is 0 Å². The maximum atomic E-state index is 12.2. The van der Waals surface area contributed by atoms with Crippen LogP contribution in [0.25, 0.3) is 0 Å². The highest BCUT2D eigenvalue weighted by Crippen LogP contribution is 2.24. The van der Waals surface area contributed by atoms with Gasteiger partial charge in [0.15, 0.2) is 11.2 Å². The fraction of sp³-hybridized carbons (Fsp3) is 0.312. The molecule has 24 heavy (non-hydrogen) atoms. The van der Waals surface area contributed by atoms with Crippen molar-refractivity contribution in [3.8, 4) is 5.75 Å². The summed E-state index contributed by atoms with van der Waals surface area (Å²) in [6.45, 7) is 5.31. The lowest BCUT2D eigenvalue weighted by atomic mass is 10.3. The number of nitrogens with one attached hydrogen (secondary N) is 1. The van der Waals surface area contributed by atoms with Gasteiger partial charge in [0.1, 0.15) is 10.6 Å². The van der Waals surface area contributed by atoms with Crippen molar-refractivity contribution in [3.63, 3.8) is 0 Å². The van der Waals surface area contributed by atoms with Crippen LogP contribution in [0.2, 0.25) is 5.02 Å². The summed E-state index contributed by atoms with van der Waals surface area (Å²) in [6, 6.07) is 6.78. The second-order valence-electron chi connectivity index (χ2n) is 4.86. The van der Waals surface area contributed by atoms with E-state index in [-0.39, 0.29) is 12.5 Å². The number of halogens is 1. The summed E-state index contributed by atoms with van der Waals surface area (Å²) in [7, 11) is 0. The first-order valence-electron chi connectivity index (χ1n) is 7.28. The molecule has 0 radical (unpaired) electrons. The summed E-state index contributed by atoms with van der Waals surface area (Å²) in [5, 5.41) is 3.48. The van der Waals surface area contributed by atoms with Crippen molar-refractivity contribution in [1.29, 1.82) is 0 Å². The number of hydrogen-bond donors (Lipinski definition) is 1. The zero-order chi connectivity index (χ0) is 17.7. The minimum Gasteiger partial charge on any atom is -0.481 e. The Labute approximate surface area is 148 Å². The van der Waals surface area contributed by atoms with Crippen LogP contribution in [0.4, 0.5) is 5.13 Å². The van der Waals surface area contributed by atoms with Crippen molar-refractivity contribution >= 4 is 39.9 Å². The monoisotopic (exact) mass is 368 g/mol. The molecule has 0 aliphatic rings. The highest BCUT2D eigenvalue weighted by Gasteiger charge is 2.20. The highest BCUT2D eigenvalue weighted by atomic mass is 35.5. The number of benzene rings is 1. The molecule has 0 fully saturated rings. The first-order valence-corrected chi connectivity index (χ1v) is 8.47. The third-order valence-corrected chi connectivity index (χ3v) is 4.25. The van der Waals surface area contributed by atoms with Gasteiger partial charge in [0.2, 0.25) is 0 Å². The van der Waals surface area contributed by atoms with E-state index in [9.17, 15) is 9.59 Å². The maximum Gasteiger partial charge on any atom is 0.350 e. The molecule has 0 saturated carbocycles. The van der Waals surface area contributed by atoms with E-state index in [4.69, 9.17) is 21.1 Å². The fourth-order valence-electron chi connectivity index (χ4n) is 1.84. The van der Waals surface area contributed by atoms with E-state index >= 15 is 0 Å². The Bertz CT molecular complexity index is 747. The Morgan fingerprint density at radius 2 is 2.17 bits per heavy atom. The molecule has 128 valence electrons. The third kappa shape index (κ3) is 4.69. The first kappa shape index (κ1) is 18.2. The molecule has 0 saturated heterocycles. The van der Waals surface area contributed by atoms with Gasteiger partial charge >= 0.3 is 5.97 Å². The van der Waals surface area contributed by atoms with Crippen molar-refractivity contribution in [1.82, 2.24) is 4.98 Å². The zero-order valence-corrected chi connectivity index (χ0v) is 15.0. The van der Waals surface area contributed by atoms with E-state index in [1.807, 2.05) is 0 Å². The van der Waals surface area contributed by atoms with E-state index in [1.165, 1.54) is 0 Å². The number of amides is 1. The average Bonchev–Trinajstić information content (AvgIpc) is 2.88. The van der Waals surface area contributed by atoms with Gasteiger partial charge in [-0.3, -0.25) is 10.1 Å². The molecule has 8 heteroatoms. The summed E-state index contributed by atoms with van der Waals surface area (Å²) in [6.07, 6.45) is -0.751. The molecule has 1 unspecified atom stereocenters. The summed E-state index contributed by atoms with van der Waals surface area (Å²) in [5.41, 5.74) is 0.511. The van der Waals surface area contributed by atoms with Crippen molar-refractivity contribution in [2.45, 2.75) is 26.9 Å². The quantitative estimate of drug-likeness (QED) is 0.787. The van der Waals surface area contributed by atoms with Crippen LogP contribution in [0.3, 0.4) is 0 Å². The molecule has 1 heterocycles. The van der Waals surface area contributed by atoms with Crippen LogP contribution >= 0.6 is 22.9 Å². The molecule has 1 amide bonds. The number of nitrogens with zero attached hydrogens (tertiary/aromatic N) is 1. The van der Waals surface area contributed by atoms with E-state index < -0.39 is 12.1 Å². The van der Waals surface area contributed by atoms with Crippen LogP contribution < -0.4 is 10.1 Å². The minimum absolute atomic E-state index is 0.280. The van der Waals surface area contributed by atoms with Gasteiger partial charge in [-0.1, -0.05) is 29.0 Å². The molecule has 2 rings (SSSR count). The molecule has 1 atom stereocenters. The summed E-state index contributed by atoms with van der Waals surface area (Å²) in [4.78, 5) is 28.5. The van der Waals surface area contributed by atoms with E-state index in [2.05, 4.69) is 10.3 Å². The van der Waals surface area contributed by atoms with Crippen molar-refractivity contribution < 1.29 is 19.1 Å². The number of aryl methyl sites for hydroxylation is 1. The van der Waals surface area contributed by atoms with Crippen LogP contribution in [0.15, 0.2) is 24.3 Å². The predicted octanol–water partition coefficient (Wildman–Crippen LogP) is 3.69. The van der Waals surface area contributed by atoms with Crippen LogP contribution in [0.1, 0.15) is 29.2 Å². The molecular formula is C16H17ClN2O4S. The summed E-state index contributed by atoms with van der Waals surface area (Å²) >= 11 is 6.95. The molecule has 0 spiro atoms. The first-order chi connectivity index (χ1) is 11.4. The second-order valence-corrected chi connectivity index (χ2v) is 6.30. The Balaban J connectivity index is 2.01. The molecule has 6 nitrogen and oxygen atoms in total. The number of carbonyl (C=O) groups excluding carboxylic acids is 2. The Morgan fingerprint density at radius 1 is 1.42 bits per heavy atom. The molecule has 2 aromatic rings.